The second-order valence-electron chi connectivity index (χ2n) is 4.25. The second kappa shape index (κ2) is 8.00. The van der Waals surface area contributed by atoms with E-state index in [1.807, 2.05) is 5.06 Å². The molecule has 1 heterocycles. The molecule has 1 rings (SSSR count). The number of nitrogens with one attached hydrogen (secondary N) is 1. The van der Waals surface area contributed by atoms with Crippen LogP contribution in [0.3, 0.4) is 0 Å². The van der Waals surface area contributed by atoms with Gasteiger partial charge in [-0.05, 0) is 25.5 Å². The lowest BCUT2D eigenvalue weighted by Gasteiger charge is -2.33. The van der Waals surface area contributed by atoms with Crippen molar-refractivity contribution in [3.63, 3.8) is 0 Å². The van der Waals surface area contributed by atoms with Crippen LogP contribution in [0.1, 0.15) is 25.7 Å². The standard InChI is InChI=1S/C13H22FN3O/c1-4-15-13(11(2)14)16-9-8-12-7-5-6-10-17(12)18-3/h4,12H,1-2,5-10H2,3H3,(H,15,16). The molecule has 1 saturated heterocycles. The summed E-state index contributed by atoms with van der Waals surface area (Å²) >= 11 is 0. The van der Waals surface area contributed by atoms with Crippen LogP contribution in [0, 0.1) is 0 Å². The first-order valence-corrected chi connectivity index (χ1v) is 6.26. The SMILES string of the molecule is C=CNC(=NCCC1CCCCN1OC)C(=C)F. The van der Waals surface area contributed by atoms with Gasteiger partial charge in [-0.1, -0.05) is 19.6 Å². The summed E-state index contributed by atoms with van der Waals surface area (Å²) < 4.78 is 13.0. The predicted octanol–water partition coefficient (Wildman–Crippen LogP) is 2.41. The molecule has 0 spiro atoms. The third kappa shape index (κ3) is 4.58. The maximum absolute atomic E-state index is 13.0. The van der Waals surface area contributed by atoms with Crippen LogP contribution in [0.2, 0.25) is 0 Å². The Morgan fingerprint density at radius 2 is 2.39 bits per heavy atom. The fraction of sp³-hybridized carbons (Fsp3) is 0.615. The Bertz CT molecular complexity index is 317. The van der Waals surface area contributed by atoms with E-state index in [1.54, 1.807) is 7.11 Å². The first-order valence-electron chi connectivity index (χ1n) is 6.26. The topological polar surface area (TPSA) is 36.9 Å². The van der Waals surface area contributed by atoms with Gasteiger partial charge < -0.3 is 10.2 Å². The molecule has 1 fully saturated rings. The monoisotopic (exact) mass is 255 g/mol. The lowest BCUT2D eigenvalue weighted by atomic mass is 10.0. The van der Waals surface area contributed by atoms with Gasteiger partial charge in [-0.15, -0.1) is 0 Å². The molecule has 0 aromatic rings. The summed E-state index contributed by atoms with van der Waals surface area (Å²) in [6, 6.07) is 0.366. The third-order valence-electron chi connectivity index (χ3n) is 3.04. The van der Waals surface area contributed by atoms with Crippen molar-refractivity contribution in [3.05, 3.63) is 25.2 Å². The van der Waals surface area contributed by atoms with Gasteiger partial charge in [0.2, 0.25) is 0 Å². The zero-order valence-electron chi connectivity index (χ0n) is 11.0. The highest BCUT2D eigenvalue weighted by Gasteiger charge is 2.21. The van der Waals surface area contributed by atoms with Gasteiger partial charge in [-0.3, -0.25) is 4.99 Å². The lowest BCUT2D eigenvalue weighted by molar-refractivity contribution is -0.175. The predicted molar refractivity (Wildman–Crippen MR) is 71.9 cm³/mol. The van der Waals surface area contributed by atoms with Crippen LogP contribution in [-0.4, -0.2) is 37.1 Å². The Morgan fingerprint density at radius 3 is 3.00 bits per heavy atom. The molecule has 0 aromatic heterocycles. The molecule has 102 valence electrons. The molecule has 1 aliphatic heterocycles. The van der Waals surface area contributed by atoms with Gasteiger partial charge in [0, 0.05) is 19.1 Å². The van der Waals surface area contributed by atoms with Crippen molar-refractivity contribution in [1.29, 1.82) is 0 Å². The van der Waals surface area contributed by atoms with Crippen molar-refractivity contribution in [1.82, 2.24) is 10.4 Å². The van der Waals surface area contributed by atoms with E-state index in [-0.39, 0.29) is 5.84 Å². The van der Waals surface area contributed by atoms with Gasteiger partial charge in [-0.25, -0.2) is 4.39 Å². The van der Waals surface area contributed by atoms with E-state index in [1.165, 1.54) is 12.6 Å². The summed E-state index contributed by atoms with van der Waals surface area (Å²) in [6.07, 6.45) is 5.72. The van der Waals surface area contributed by atoms with E-state index in [2.05, 4.69) is 23.5 Å². The zero-order chi connectivity index (χ0) is 13.4. The van der Waals surface area contributed by atoms with E-state index in [0.29, 0.717) is 12.6 Å². The minimum atomic E-state index is -0.567. The summed E-state index contributed by atoms with van der Waals surface area (Å²) in [5.74, 6) is -0.410. The van der Waals surface area contributed by atoms with E-state index in [4.69, 9.17) is 4.84 Å². The molecule has 5 heteroatoms. The van der Waals surface area contributed by atoms with Crippen LogP contribution in [0.15, 0.2) is 30.2 Å². The molecule has 4 nitrogen and oxygen atoms in total. The number of nitrogens with zero attached hydrogens (tertiary/aromatic N) is 2. The normalized spacial score (nSPS) is 21.7. The highest BCUT2D eigenvalue weighted by Crippen LogP contribution is 2.19. The average molecular weight is 255 g/mol. The van der Waals surface area contributed by atoms with E-state index in [9.17, 15) is 4.39 Å². The summed E-state index contributed by atoms with van der Waals surface area (Å²) in [6.45, 7) is 8.21. The fourth-order valence-electron chi connectivity index (χ4n) is 2.13. The summed E-state index contributed by atoms with van der Waals surface area (Å²) in [7, 11) is 1.69. The van der Waals surface area contributed by atoms with Gasteiger partial charge in [0.15, 0.2) is 11.7 Å². The quantitative estimate of drug-likeness (QED) is 0.585. The molecule has 0 amide bonds. The molecule has 1 atom stereocenters. The highest BCUT2D eigenvalue weighted by atomic mass is 19.1. The smallest absolute Gasteiger partial charge is 0.160 e. The Labute approximate surface area is 108 Å². The Kier molecular flexibility index (Phi) is 6.60. The van der Waals surface area contributed by atoms with Crippen molar-refractivity contribution in [2.75, 3.05) is 20.2 Å². The average Bonchev–Trinajstić information content (AvgIpc) is 2.38. The first-order chi connectivity index (χ1) is 8.69. The van der Waals surface area contributed by atoms with Gasteiger partial charge in [0.25, 0.3) is 0 Å². The Balaban J connectivity index is 2.44. The van der Waals surface area contributed by atoms with Crippen LogP contribution in [0.4, 0.5) is 4.39 Å². The molecule has 0 bridgehead atoms. The van der Waals surface area contributed by atoms with Gasteiger partial charge in [0.1, 0.15) is 0 Å². The van der Waals surface area contributed by atoms with Crippen molar-refractivity contribution in [2.45, 2.75) is 31.7 Å². The third-order valence-corrected chi connectivity index (χ3v) is 3.04. The minimum absolute atomic E-state index is 0.157. The van der Waals surface area contributed by atoms with Crippen molar-refractivity contribution >= 4 is 5.84 Å². The van der Waals surface area contributed by atoms with Crippen LogP contribution in [-0.2, 0) is 4.84 Å². The molecule has 1 N–H and O–H groups in total. The summed E-state index contributed by atoms with van der Waals surface area (Å²) in [5.41, 5.74) is 0. The molecule has 0 saturated carbocycles. The maximum Gasteiger partial charge on any atom is 0.160 e. The number of aliphatic imine (C=N–C) groups is 1. The minimum Gasteiger partial charge on any atom is -0.345 e. The number of hydrogen-bond donors (Lipinski definition) is 1. The van der Waals surface area contributed by atoms with Gasteiger partial charge >= 0.3 is 0 Å². The number of hydroxylamine groups is 2. The summed E-state index contributed by atoms with van der Waals surface area (Å²) in [5, 5.41) is 4.63. The number of amidine groups is 1. The summed E-state index contributed by atoms with van der Waals surface area (Å²) in [4.78, 5) is 9.47. The molecule has 0 aromatic carbocycles. The number of halogens is 1. The number of hydrogen-bond acceptors (Lipinski definition) is 3. The second-order valence-corrected chi connectivity index (χ2v) is 4.25. The maximum atomic E-state index is 13.0. The fourth-order valence-corrected chi connectivity index (χ4v) is 2.13. The molecule has 18 heavy (non-hydrogen) atoms. The molecule has 0 radical (unpaired) electrons. The first kappa shape index (κ1) is 14.9. The van der Waals surface area contributed by atoms with E-state index >= 15 is 0 Å². The van der Waals surface area contributed by atoms with Crippen LogP contribution < -0.4 is 5.32 Å². The van der Waals surface area contributed by atoms with Gasteiger partial charge in [0.05, 0.1) is 7.11 Å². The molecule has 0 aliphatic carbocycles. The zero-order valence-corrected chi connectivity index (χ0v) is 11.0. The van der Waals surface area contributed by atoms with Crippen LogP contribution in [0.25, 0.3) is 0 Å². The van der Waals surface area contributed by atoms with Crippen molar-refractivity contribution in [2.24, 2.45) is 4.99 Å². The number of rotatable bonds is 6. The largest absolute Gasteiger partial charge is 0.345 e. The Morgan fingerprint density at radius 1 is 1.61 bits per heavy atom. The lowest BCUT2D eigenvalue weighted by Crippen LogP contribution is -2.39. The van der Waals surface area contributed by atoms with Crippen LogP contribution >= 0.6 is 0 Å². The van der Waals surface area contributed by atoms with Crippen molar-refractivity contribution in [3.8, 4) is 0 Å². The van der Waals surface area contributed by atoms with E-state index < -0.39 is 5.83 Å². The molecule has 1 unspecified atom stereocenters. The molecule has 1 aliphatic rings. The molecular weight excluding hydrogens is 233 g/mol. The number of piperidine rings is 1. The van der Waals surface area contributed by atoms with Crippen LogP contribution in [0.5, 0.6) is 0 Å². The van der Waals surface area contributed by atoms with E-state index in [0.717, 1.165) is 25.8 Å². The van der Waals surface area contributed by atoms with Gasteiger partial charge in [-0.2, -0.15) is 5.06 Å². The molecular formula is C13H22FN3O. The highest BCUT2D eigenvalue weighted by molar-refractivity contribution is 5.96. The van der Waals surface area contributed by atoms with Crippen molar-refractivity contribution < 1.29 is 9.23 Å². The Hall–Kier alpha value is -1.20.